The molecule has 24 nitrogen and oxygen atoms in total. The first kappa shape index (κ1) is 50.3. The monoisotopic (exact) mass is 1030 g/mol. The largest absolute Gasteiger partial charge is 0.507 e. The Hall–Kier alpha value is -8.60. The second-order valence-corrected chi connectivity index (χ2v) is 19.0. The Balaban J connectivity index is 1.21. The van der Waals surface area contributed by atoms with E-state index in [4.69, 9.17) is 4.74 Å². The van der Waals surface area contributed by atoms with Gasteiger partial charge in [0.25, 0.3) is 36.3 Å². The van der Waals surface area contributed by atoms with Crippen LogP contribution in [0, 0.1) is 0 Å². The van der Waals surface area contributed by atoms with Gasteiger partial charge in [0.2, 0.25) is 5.91 Å². The van der Waals surface area contributed by atoms with Crippen LogP contribution in [0.5, 0.6) is 17.2 Å². The van der Waals surface area contributed by atoms with E-state index in [1.165, 1.54) is 72.8 Å². The Kier molecular flexibility index (Phi) is 14.0. The normalized spacial score (nSPS) is 12.3. The number of nitrogens with one attached hydrogen (secondary N) is 2. The molecule has 0 aliphatic carbocycles. The summed E-state index contributed by atoms with van der Waals surface area (Å²) < 4.78 is 110. The van der Waals surface area contributed by atoms with Crippen LogP contribution in [0.1, 0.15) is 34.6 Å². The van der Waals surface area contributed by atoms with Gasteiger partial charge in [-0.2, -0.15) is 40.6 Å². The number of rotatable bonds is 15. The van der Waals surface area contributed by atoms with Gasteiger partial charge in [0.1, 0.15) is 33.3 Å². The number of hydrogen-bond donors (Lipinski definition) is 8. The molecule has 0 unspecified atom stereocenters. The average Bonchev–Trinajstić information content (AvgIpc) is 3.29. The zero-order valence-corrected chi connectivity index (χ0v) is 38.7. The molecule has 364 valence electrons. The standard InChI is InChI=1S/C44H34N8O16S3/c1-3-68-37-21-34(50-48-27-10-8-25(9-11-27)46-43(56)23-4-6-26(7-5-23)47-49-28-12-15-36(54)33(18-28)44(57)58)32-19-29(69(59,60)61)13-14-31(32)40(37)51-52-41-38(71(65,66)67)17-24-16-30(70(62,63)64)20-35(45-22(2)53)39(24)42(41)55/h4-21,54-55H,3H2,1-2H3,(H,45,53)(H,46,56)(H,57,58)(H,59,60,61)(H,62,63,64)(H,65,66,67). The fraction of sp³-hybridized carbons (Fsp3) is 0.0682. The molecule has 0 spiro atoms. The van der Waals surface area contributed by atoms with E-state index in [2.05, 4.69) is 41.3 Å². The molecule has 0 fully saturated rings. The van der Waals surface area contributed by atoms with Crippen LogP contribution >= 0.6 is 0 Å². The van der Waals surface area contributed by atoms with Gasteiger partial charge < -0.3 is 30.7 Å². The average molecular weight is 1030 g/mol. The highest BCUT2D eigenvalue weighted by molar-refractivity contribution is 7.86. The lowest BCUT2D eigenvalue weighted by Crippen LogP contribution is -2.11. The molecule has 0 bridgehead atoms. The number of carbonyl (C=O) groups excluding carboxylic acids is 2. The molecule has 7 aromatic rings. The van der Waals surface area contributed by atoms with Crippen molar-refractivity contribution in [2.45, 2.75) is 28.5 Å². The summed E-state index contributed by atoms with van der Waals surface area (Å²) in [6, 6.07) is 22.4. The summed E-state index contributed by atoms with van der Waals surface area (Å²) in [5, 5.41) is 59.2. The number of nitrogens with zero attached hydrogens (tertiary/aromatic N) is 6. The van der Waals surface area contributed by atoms with Crippen LogP contribution in [0.2, 0.25) is 0 Å². The summed E-state index contributed by atoms with van der Waals surface area (Å²) in [6.45, 7) is 2.60. The molecule has 7 rings (SSSR count). The van der Waals surface area contributed by atoms with Crippen molar-refractivity contribution in [1.29, 1.82) is 0 Å². The Labute approximate surface area is 401 Å². The second-order valence-electron chi connectivity index (χ2n) is 14.8. The van der Waals surface area contributed by atoms with Crippen molar-refractivity contribution >= 4 is 115 Å². The molecule has 2 amide bonds. The van der Waals surface area contributed by atoms with Crippen LogP contribution < -0.4 is 15.4 Å². The zero-order chi connectivity index (χ0) is 51.6. The summed E-state index contributed by atoms with van der Waals surface area (Å²) in [7, 11) is -15.1. The Bertz CT molecular complexity index is 3790. The van der Waals surface area contributed by atoms with Gasteiger partial charge in [-0.25, -0.2) is 4.79 Å². The number of benzene rings is 7. The summed E-state index contributed by atoms with van der Waals surface area (Å²) in [6.07, 6.45) is 0. The fourth-order valence-corrected chi connectivity index (χ4v) is 8.43. The third-order valence-electron chi connectivity index (χ3n) is 9.90. The van der Waals surface area contributed by atoms with E-state index in [0.717, 1.165) is 37.3 Å². The van der Waals surface area contributed by atoms with E-state index in [0.29, 0.717) is 17.4 Å². The number of hydrogen-bond acceptors (Lipinski definition) is 18. The van der Waals surface area contributed by atoms with E-state index < -0.39 is 91.1 Å². The number of fused-ring (bicyclic) bond motifs is 2. The molecule has 0 saturated carbocycles. The maximum atomic E-state index is 13.1. The van der Waals surface area contributed by atoms with Gasteiger partial charge in [0.15, 0.2) is 5.75 Å². The Morgan fingerprint density at radius 2 is 1.21 bits per heavy atom. The molecule has 0 radical (unpaired) electrons. The molecular weight excluding hydrogens is 993 g/mol. The number of azo groups is 3. The van der Waals surface area contributed by atoms with Gasteiger partial charge in [-0.3, -0.25) is 23.2 Å². The quantitative estimate of drug-likeness (QED) is 0.0350. The number of carboxylic acids is 1. The molecule has 71 heavy (non-hydrogen) atoms. The van der Waals surface area contributed by atoms with Crippen molar-refractivity contribution in [3.8, 4) is 17.2 Å². The number of aromatic carboxylic acids is 1. The third kappa shape index (κ3) is 11.5. The van der Waals surface area contributed by atoms with Crippen molar-refractivity contribution < 1.29 is 73.4 Å². The number of phenols is 2. The second kappa shape index (κ2) is 19.8. The maximum absolute atomic E-state index is 13.1. The minimum absolute atomic E-state index is 0.0206. The van der Waals surface area contributed by atoms with Crippen molar-refractivity contribution in [3.63, 3.8) is 0 Å². The van der Waals surface area contributed by atoms with Gasteiger partial charge >= 0.3 is 5.97 Å². The van der Waals surface area contributed by atoms with Crippen molar-refractivity contribution in [1.82, 2.24) is 0 Å². The predicted molar refractivity (Wildman–Crippen MR) is 253 cm³/mol. The van der Waals surface area contributed by atoms with Crippen LogP contribution in [0.3, 0.4) is 0 Å². The molecule has 0 aliphatic rings. The Morgan fingerprint density at radius 3 is 1.82 bits per heavy atom. The molecule has 0 atom stereocenters. The van der Waals surface area contributed by atoms with Crippen LogP contribution in [-0.2, 0) is 35.1 Å². The number of ether oxygens (including phenoxy) is 1. The summed E-state index contributed by atoms with van der Waals surface area (Å²) in [4.78, 5) is 33.9. The van der Waals surface area contributed by atoms with Crippen molar-refractivity contribution in [2.24, 2.45) is 30.7 Å². The number of carbonyl (C=O) groups is 3. The SMILES string of the molecule is CCOc1cc(N=Nc2ccc(NC(=O)c3ccc(N=Nc4ccc(O)c(C(=O)O)c4)cc3)cc2)c2cc(S(=O)(=O)O)ccc2c1N=Nc1c(S(=O)(=O)O)cc2cc(S(=O)(=O)O)cc(NC(C)=O)c2c1O. The van der Waals surface area contributed by atoms with Gasteiger partial charge in [0, 0.05) is 40.4 Å². The smallest absolute Gasteiger partial charge is 0.339 e. The van der Waals surface area contributed by atoms with Gasteiger partial charge in [0.05, 0.1) is 44.8 Å². The molecule has 8 N–H and O–H groups in total. The minimum atomic E-state index is -5.31. The lowest BCUT2D eigenvalue weighted by Gasteiger charge is -2.15. The first-order chi connectivity index (χ1) is 33.4. The number of carboxylic acid groups (broad SMARTS) is 1. The van der Waals surface area contributed by atoms with Gasteiger partial charge in [-0.05, 0) is 109 Å². The predicted octanol–water partition coefficient (Wildman–Crippen LogP) is 9.70. The zero-order valence-electron chi connectivity index (χ0n) is 36.3. The van der Waals surface area contributed by atoms with Crippen molar-refractivity contribution in [3.05, 3.63) is 120 Å². The summed E-state index contributed by atoms with van der Waals surface area (Å²) >= 11 is 0. The first-order valence-electron chi connectivity index (χ1n) is 20.0. The van der Waals surface area contributed by atoms with E-state index in [1.54, 1.807) is 6.92 Å². The van der Waals surface area contributed by atoms with Crippen LogP contribution in [0.15, 0.2) is 155 Å². The van der Waals surface area contributed by atoms with Crippen LogP contribution in [0.25, 0.3) is 21.5 Å². The molecule has 0 aromatic heterocycles. The molecule has 0 aliphatic heterocycles. The minimum Gasteiger partial charge on any atom is -0.507 e. The topological polar surface area (TPSA) is 382 Å². The molecule has 7 aromatic carbocycles. The highest BCUT2D eigenvalue weighted by Crippen LogP contribution is 2.48. The highest BCUT2D eigenvalue weighted by Gasteiger charge is 2.27. The third-order valence-corrected chi connectivity index (χ3v) is 12.4. The molecule has 0 saturated heterocycles. The lowest BCUT2D eigenvalue weighted by atomic mass is 10.1. The summed E-state index contributed by atoms with van der Waals surface area (Å²) in [5.74, 6) is -4.17. The van der Waals surface area contributed by atoms with Crippen molar-refractivity contribution in [2.75, 3.05) is 17.2 Å². The molecule has 27 heteroatoms. The highest BCUT2D eigenvalue weighted by atomic mass is 32.2. The number of aromatic hydroxyl groups is 2. The summed E-state index contributed by atoms with van der Waals surface area (Å²) in [5.41, 5.74) is -0.615. The fourth-order valence-electron chi connectivity index (χ4n) is 6.73. The van der Waals surface area contributed by atoms with E-state index in [1.807, 2.05) is 0 Å². The number of phenolic OH excluding ortho intramolecular Hbond substituents is 1. The molecular formula is C44H34N8O16S3. The van der Waals surface area contributed by atoms with Gasteiger partial charge in [-0.1, -0.05) is 6.07 Å². The number of amides is 2. The first-order valence-corrected chi connectivity index (χ1v) is 24.3. The van der Waals surface area contributed by atoms with E-state index in [9.17, 15) is 68.6 Å². The van der Waals surface area contributed by atoms with Crippen LogP contribution in [-0.4, -0.2) is 78.6 Å². The van der Waals surface area contributed by atoms with E-state index in [-0.39, 0.29) is 62.4 Å². The lowest BCUT2D eigenvalue weighted by molar-refractivity contribution is -0.114. The van der Waals surface area contributed by atoms with E-state index >= 15 is 0 Å². The van der Waals surface area contributed by atoms with Gasteiger partial charge in [-0.15, -0.1) is 15.3 Å². The maximum Gasteiger partial charge on any atom is 0.339 e. The Morgan fingerprint density at radius 1 is 0.606 bits per heavy atom. The van der Waals surface area contributed by atoms with Crippen LogP contribution in [0.4, 0.5) is 45.5 Å². The number of anilines is 2. The molecule has 0 heterocycles.